The minimum absolute atomic E-state index is 0.498. The third-order valence-electron chi connectivity index (χ3n) is 2.85. The monoisotopic (exact) mass is 222 g/mol. The van der Waals surface area contributed by atoms with Gasteiger partial charge in [0.15, 0.2) is 5.82 Å². The highest BCUT2D eigenvalue weighted by Crippen LogP contribution is 2.07. The highest BCUT2D eigenvalue weighted by Gasteiger charge is 2.09. The summed E-state index contributed by atoms with van der Waals surface area (Å²) in [5.41, 5.74) is 0. The number of rotatable bonds is 7. The molecule has 0 fully saturated rings. The molecular weight excluding hydrogens is 200 g/mol. The molecular formula is C12H22N4. The van der Waals surface area contributed by atoms with E-state index in [1.54, 1.807) is 0 Å². The molecule has 0 bridgehead atoms. The number of nitrogens with zero attached hydrogens (tertiary/aromatic N) is 2. The summed E-state index contributed by atoms with van der Waals surface area (Å²) in [7, 11) is 0. The third-order valence-corrected chi connectivity index (χ3v) is 2.85. The van der Waals surface area contributed by atoms with Crippen LogP contribution < -0.4 is 5.32 Å². The minimum atomic E-state index is 0.498. The molecule has 0 radical (unpaired) electrons. The lowest BCUT2D eigenvalue weighted by atomic mass is 10.00. The number of H-pyrrole nitrogens is 1. The molecule has 1 heterocycles. The van der Waals surface area contributed by atoms with Crippen LogP contribution in [0.25, 0.3) is 0 Å². The van der Waals surface area contributed by atoms with Crippen LogP contribution in [0.5, 0.6) is 0 Å². The van der Waals surface area contributed by atoms with Gasteiger partial charge in [-0.3, -0.25) is 5.10 Å². The zero-order chi connectivity index (χ0) is 12.0. The number of aryl methyl sites for hydroxylation is 1. The number of hydrogen-bond donors (Lipinski definition) is 2. The van der Waals surface area contributed by atoms with Gasteiger partial charge in [0.05, 0.1) is 0 Å². The highest BCUT2D eigenvalue weighted by molar-refractivity contribution is 4.88. The van der Waals surface area contributed by atoms with E-state index in [4.69, 9.17) is 0 Å². The van der Waals surface area contributed by atoms with Gasteiger partial charge in [-0.25, -0.2) is 4.98 Å². The average Bonchev–Trinajstić information content (AvgIpc) is 2.64. The highest BCUT2D eigenvalue weighted by atomic mass is 15.2. The molecule has 0 aromatic carbocycles. The third kappa shape index (κ3) is 4.14. The van der Waals surface area contributed by atoms with Gasteiger partial charge in [-0.1, -0.05) is 13.0 Å². The predicted molar refractivity (Wildman–Crippen MR) is 66.3 cm³/mol. The Morgan fingerprint density at radius 1 is 1.50 bits per heavy atom. The van der Waals surface area contributed by atoms with Crippen molar-refractivity contribution in [1.82, 2.24) is 20.5 Å². The van der Waals surface area contributed by atoms with Gasteiger partial charge in [0.25, 0.3) is 0 Å². The van der Waals surface area contributed by atoms with Crippen LogP contribution in [0.3, 0.4) is 0 Å². The quantitative estimate of drug-likeness (QED) is 0.692. The number of aromatic amines is 1. The van der Waals surface area contributed by atoms with Gasteiger partial charge in [-0.2, -0.15) is 5.10 Å². The van der Waals surface area contributed by atoms with Crippen LogP contribution in [0, 0.1) is 12.8 Å². The molecule has 90 valence electrons. The molecule has 0 saturated carbocycles. The summed E-state index contributed by atoms with van der Waals surface area (Å²) in [6.07, 6.45) is 3.89. The van der Waals surface area contributed by atoms with E-state index in [1.807, 2.05) is 13.0 Å². The molecule has 1 aromatic rings. The first-order chi connectivity index (χ1) is 7.63. The van der Waals surface area contributed by atoms with Gasteiger partial charge in [0.1, 0.15) is 5.82 Å². The summed E-state index contributed by atoms with van der Waals surface area (Å²) in [6.45, 7) is 11.0. The van der Waals surface area contributed by atoms with Gasteiger partial charge in [-0.05, 0) is 26.2 Å². The molecule has 0 aliphatic rings. The summed E-state index contributed by atoms with van der Waals surface area (Å²) in [5.74, 6) is 2.38. The lowest BCUT2D eigenvalue weighted by molar-refractivity contribution is 0.404. The van der Waals surface area contributed by atoms with Crippen molar-refractivity contribution in [2.24, 2.45) is 5.92 Å². The number of aromatic nitrogens is 3. The van der Waals surface area contributed by atoms with Gasteiger partial charge < -0.3 is 5.32 Å². The molecule has 1 rings (SSSR count). The van der Waals surface area contributed by atoms with E-state index in [2.05, 4.69) is 40.9 Å². The number of nitrogens with one attached hydrogen (secondary N) is 2. The van der Waals surface area contributed by atoms with Gasteiger partial charge in [-0.15, -0.1) is 6.58 Å². The standard InChI is InChI=1S/C12H22N4/c1-5-6-9(2)10(3)13-8-7-12-14-11(4)15-16-12/h5,9-10,13H,1,6-8H2,2-4H3,(H,14,15,16). The van der Waals surface area contributed by atoms with Crippen LogP contribution in [0.1, 0.15) is 31.9 Å². The largest absolute Gasteiger partial charge is 0.314 e. The first-order valence-electron chi connectivity index (χ1n) is 5.85. The lowest BCUT2D eigenvalue weighted by Gasteiger charge is -2.19. The van der Waals surface area contributed by atoms with Crippen molar-refractivity contribution in [3.8, 4) is 0 Å². The summed E-state index contributed by atoms with van der Waals surface area (Å²) in [4.78, 5) is 4.27. The van der Waals surface area contributed by atoms with Crippen molar-refractivity contribution in [3.05, 3.63) is 24.3 Å². The smallest absolute Gasteiger partial charge is 0.151 e. The molecule has 2 atom stereocenters. The molecule has 16 heavy (non-hydrogen) atoms. The second-order valence-electron chi connectivity index (χ2n) is 4.33. The average molecular weight is 222 g/mol. The predicted octanol–water partition coefficient (Wildman–Crippen LogP) is 1.85. The van der Waals surface area contributed by atoms with E-state index in [0.717, 1.165) is 31.0 Å². The van der Waals surface area contributed by atoms with Crippen LogP contribution in [0.4, 0.5) is 0 Å². The van der Waals surface area contributed by atoms with E-state index >= 15 is 0 Å². The Morgan fingerprint density at radius 3 is 2.81 bits per heavy atom. The van der Waals surface area contributed by atoms with E-state index in [9.17, 15) is 0 Å². The van der Waals surface area contributed by atoms with Crippen molar-refractivity contribution in [2.75, 3.05) is 6.54 Å². The Balaban J connectivity index is 2.22. The van der Waals surface area contributed by atoms with Crippen LogP contribution in [-0.2, 0) is 6.42 Å². The van der Waals surface area contributed by atoms with Crippen LogP contribution >= 0.6 is 0 Å². The Morgan fingerprint density at radius 2 is 2.25 bits per heavy atom. The van der Waals surface area contributed by atoms with Crippen LogP contribution in [-0.4, -0.2) is 27.8 Å². The molecule has 0 amide bonds. The van der Waals surface area contributed by atoms with Crippen molar-refractivity contribution >= 4 is 0 Å². The van der Waals surface area contributed by atoms with E-state index in [1.165, 1.54) is 0 Å². The summed E-state index contributed by atoms with van der Waals surface area (Å²) in [5, 5.41) is 10.4. The number of hydrogen-bond acceptors (Lipinski definition) is 3. The minimum Gasteiger partial charge on any atom is -0.314 e. The maximum Gasteiger partial charge on any atom is 0.151 e. The lowest BCUT2D eigenvalue weighted by Crippen LogP contribution is -2.33. The summed E-state index contributed by atoms with van der Waals surface area (Å²) >= 11 is 0. The van der Waals surface area contributed by atoms with Crippen molar-refractivity contribution in [3.63, 3.8) is 0 Å². The zero-order valence-corrected chi connectivity index (χ0v) is 10.5. The summed E-state index contributed by atoms with van der Waals surface area (Å²) in [6, 6.07) is 0.498. The SMILES string of the molecule is C=CCC(C)C(C)NCCc1n[nH]c(C)n1. The Bertz CT molecular complexity index is 319. The normalized spacial score (nSPS) is 14.7. The zero-order valence-electron chi connectivity index (χ0n) is 10.5. The molecule has 2 N–H and O–H groups in total. The fourth-order valence-electron chi connectivity index (χ4n) is 1.58. The molecule has 2 unspecified atom stereocenters. The molecule has 0 aliphatic heterocycles. The first kappa shape index (κ1) is 12.9. The Labute approximate surface area is 97.6 Å². The van der Waals surface area contributed by atoms with Crippen molar-refractivity contribution in [2.45, 2.75) is 39.7 Å². The van der Waals surface area contributed by atoms with Gasteiger partial charge in [0.2, 0.25) is 0 Å². The fraction of sp³-hybridized carbons (Fsp3) is 0.667. The Hall–Kier alpha value is -1.16. The topological polar surface area (TPSA) is 53.6 Å². The van der Waals surface area contributed by atoms with Crippen LogP contribution in [0.15, 0.2) is 12.7 Å². The molecule has 4 heteroatoms. The Kier molecular flexibility index (Phi) is 5.19. The van der Waals surface area contributed by atoms with E-state index in [-0.39, 0.29) is 0 Å². The molecule has 0 spiro atoms. The van der Waals surface area contributed by atoms with Crippen molar-refractivity contribution < 1.29 is 0 Å². The van der Waals surface area contributed by atoms with Gasteiger partial charge >= 0.3 is 0 Å². The molecule has 1 aromatic heterocycles. The second-order valence-corrected chi connectivity index (χ2v) is 4.33. The molecule has 0 saturated heterocycles. The fourth-order valence-corrected chi connectivity index (χ4v) is 1.58. The molecule has 0 aliphatic carbocycles. The van der Waals surface area contributed by atoms with E-state index < -0.39 is 0 Å². The van der Waals surface area contributed by atoms with Gasteiger partial charge in [0, 0.05) is 19.0 Å². The number of allylic oxidation sites excluding steroid dienone is 1. The van der Waals surface area contributed by atoms with Crippen molar-refractivity contribution in [1.29, 1.82) is 0 Å². The van der Waals surface area contributed by atoms with E-state index in [0.29, 0.717) is 12.0 Å². The first-order valence-corrected chi connectivity index (χ1v) is 5.85. The second kappa shape index (κ2) is 6.43. The van der Waals surface area contributed by atoms with Crippen LogP contribution in [0.2, 0.25) is 0 Å². The maximum atomic E-state index is 4.27. The summed E-state index contributed by atoms with van der Waals surface area (Å²) < 4.78 is 0. The molecule has 4 nitrogen and oxygen atoms in total. The maximum absolute atomic E-state index is 4.27.